The fourth-order valence-electron chi connectivity index (χ4n) is 3.93. The van der Waals surface area contributed by atoms with E-state index in [1.54, 1.807) is 0 Å². The molecule has 2 fully saturated rings. The van der Waals surface area contributed by atoms with Gasteiger partial charge in [-0.3, -0.25) is 4.79 Å². The van der Waals surface area contributed by atoms with Crippen molar-refractivity contribution in [3.05, 3.63) is 42.0 Å². The molecular weight excluding hydrogens is 330 g/mol. The summed E-state index contributed by atoms with van der Waals surface area (Å²) in [6, 6.07) is 9.75. The van der Waals surface area contributed by atoms with E-state index in [-0.39, 0.29) is 11.8 Å². The lowest BCUT2D eigenvalue weighted by atomic mass is 9.91. The number of amides is 1. The molecule has 0 radical (unpaired) electrons. The van der Waals surface area contributed by atoms with E-state index < -0.39 is 0 Å². The normalized spacial score (nSPS) is 26.4. The van der Waals surface area contributed by atoms with Gasteiger partial charge in [0.15, 0.2) is 5.82 Å². The van der Waals surface area contributed by atoms with Gasteiger partial charge in [0.05, 0.1) is 6.10 Å². The second-order valence-corrected chi connectivity index (χ2v) is 7.28. The summed E-state index contributed by atoms with van der Waals surface area (Å²) < 4.78 is 11.2. The van der Waals surface area contributed by atoms with Crippen LogP contribution >= 0.6 is 0 Å². The molecule has 1 aromatic carbocycles. The maximum absolute atomic E-state index is 12.4. The standard InChI is InChI=1S/C20H25N3O3/c1-2-17-10-14(8-9-25-17)11-18-21-20(22-26-18)15-12-19(24)23(13-15)16-6-4-3-5-7-16/h3-7,14-15,17H,2,8-13H2,1H3. The van der Waals surface area contributed by atoms with Gasteiger partial charge in [0.2, 0.25) is 11.8 Å². The van der Waals surface area contributed by atoms with Crippen LogP contribution in [0.15, 0.2) is 34.9 Å². The highest BCUT2D eigenvalue weighted by molar-refractivity contribution is 5.96. The van der Waals surface area contributed by atoms with Gasteiger partial charge in [0, 0.05) is 37.6 Å². The average molecular weight is 355 g/mol. The van der Waals surface area contributed by atoms with E-state index in [1.807, 2.05) is 35.2 Å². The fraction of sp³-hybridized carbons (Fsp3) is 0.550. The molecule has 0 aliphatic carbocycles. The highest BCUT2D eigenvalue weighted by atomic mass is 16.5. The highest BCUT2D eigenvalue weighted by Gasteiger charge is 2.34. The second-order valence-electron chi connectivity index (χ2n) is 7.28. The lowest BCUT2D eigenvalue weighted by molar-refractivity contribution is -0.117. The summed E-state index contributed by atoms with van der Waals surface area (Å²) in [5, 5.41) is 4.17. The number of benzene rings is 1. The van der Waals surface area contributed by atoms with Crippen LogP contribution in [0.1, 0.15) is 50.2 Å². The summed E-state index contributed by atoms with van der Waals surface area (Å²) in [7, 11) is 0. The van der Waals surface area contributed by atoms with E-state index in [9.17, 15) is 4.79 Å². The predicted molar refractivity (Wildman–Crippen MR) is 96.9 cm³/mol. The van der Waals surface area contributed by atoms with Crippen LogP contribution in [-0.4, -0.2) is 35.3 Å². The van der Waals surface area contributed by atoms with Crippen molar-refractivity contribution in [1.29, 1.82) is 0 Å². The summed E-state index contributed by atoms with van der Waals surface area (Å²) >= 11 is 0. The van der Waals surface area contributed by atoms with Gasteiger partial charge in [-0.15, -0.1) is 0 Å². The Morgan fingerprint density at radius 1 is 1.27 bits per heavy atom. The first-order valence-electron chi connectivity index (χ1n) is 9.52. The summed E-state index contributed by atoms with van der Waals surface area (Å²) in [4.78, 5) is 18.8. The Balaban J connectivity index is 1.40. The Hall–Kier alpha value is -2.21. The third kappa shape index (κ3) is 3.65. The zero-order valence-corrected chi connectivity index (χ0v) is 15.1. The van der Waals surface area contributed by atoms with Crippen molar-refractivity contribution in [3.8, 4) is 0 Å². The molecule has 2 aliphatic rings. The van der Waals surface area contributed by atoms with E-state index in [0.29, 0.717) is 36.7 Å². The molecule has 2 saturated heterocycles. The Morgan fingerprint density at radius 3 is 2.92 bits per heavy atom. The maximum atomic E-state index is 12.4. The average Bonchev–Trinajstić information content (AvgIpc) is 3.29. The van der Waals surface area contributed by atoms with E-state index >= 15 is 0 Å². The topological polar surface area (TPSA) is 68.5 Å². The van der Waals surface area contributed by atoms with E-state index in [0.717, 1.165) is 38.0 Å². The molecule has 6 heteroatoms. The Bertz CT molecular complexity index is 746. The minimum atomic E-state index is -0.00159. The first kappa shape index (κ1) is 17.2. The minimum absolute atomic E-state index is 0.00159. The number of para-hydroxylation sites is 1. The molecule has 0 N–H and O–H groups in total. The van der Waals surface area contributed by atoms with Crippen molar-refractivity contribution in [2.45, 2.75) is 51.0 Å². The molecule has 1 aromatic heterocycles. The number of anilines is 1. The van der Waals surface area contributed by atoms with E-state index in [2.05, 4.69) is 17.1 Å². The van der Waals surface area contributed by atoms with Gasteiger partial charge in [-0.1, -0.05) is 30.3 Å². The molecule has 3 unspecified atom stereocenters. The van der Waals surface area contributed by atoms with Gasteiger partial charge < -0.3 is 14.2 Å². The summed E-state index contributed by atoms with van der Waals surface area (Å²) in [5.74, 6) is 1.99. The maximum Gasteiger partial charge on any atom is 0.227 e. The third-order valence-corrected chi connectivity index (χ3v) is 5.44. The predicted octanol–water partition coefficient (Wildman–Crippen LogP) is 3.34. The molecule has 6 nitrogen and oxygen atoms in total. The van der Waals surface area contributed by atoms with Crippen LogP contribution in [0.4, 0.5) is 5.69 Å². The molecule has 0 spiro atoms. The molecule has 3 atom stereocenters. The zero-order chi connectivity index (χ0) is 17.9. The molecule has 2 aliphatic heterocycles. The molecule has 2 aromatic rings. The van der Waals surface area contributed by atoms with Crippen molar-refractivity contribution in [1.82, 2.24) is 10.1 Å². The van der Waals surface area contributed by atoms with Gasteiger partial charge in [-0.05, 0) is 37.3 Å². The lowest BCUT2D eigenvalue weighted by Crippen LogP contribution is -2.26. The quantitative estimate of drug-likeness (QED) is 0.823. The summed E-state index contributed by atoms with van der Waals surface area (Å²) in [6.07, 6.45) is 4.72. The van der Waals surface area contributed by atoms with Gasteiger partial charge in [-0.2, -0.15) is 4.98 Å². The molecule has 4 rings (SSSR count). The summed E-state index contributed by atoms with van der Waals surface area (Å²) in [6.45, 7) is 3.58. The smallest absolute Gasteiger partial charge is 0.227 e. The Morgan fingerprint density at radius 2 is 2.12 bits per heavy atom. The van der Waals surface area contributed by atoms with Crippen molar-refractivity contribution < 1.29 is 14.1 Å². The lowest BCUT2D eigenvalue weighted by Gasteiger charge is -2.27. The van der Waals surface area contributed by atoms with Crippen LogP contribution in [0.5, 0.6) is 0 Å². The third-order valence-electron chi connectivity index (χ3n) is 5.44. The number of aromatic nitrogens is 2. The van der Waals surface area contributed by atoms with Gasteiger partial charge >= 0.3 is 0 Å². The highest BCUT2D eigenvalue weighted by Crippen LogP contribution is 2.31. The summed E-state index contributed by atoms with van der Waals surface area (Å²) in [5.41, 5.74) is 0.927. The van der Waals surface area contributed by atoms with E-state index in [4.69, 9.17) is 9.26 Å². The Labute approximate surface area is 153 Å². The van der Waals surface area contributed by atoms with Gasteiger partial charge in [0.25, 0.3) is 0 Å². The SMILES string of the molecule is CCC1CC(Cc2nc(C3CC(=O)N(c4ccccc4)C3)no2)CCO1. The van der Waals surface area contributed by atoms with Crippen LogP contribution in [0.3, 0.4) is 0 Å². The van der Waals surface area contributed by atoms with Crippen LogP contribution < -0.4 is 4.90 Å². The Kier molecular flexibility index (Phi) is 5.02. The monoisotopic (exact) mass is 355 g/mol. The molecule has 1 amide bonds. The second kappa shape index (κ2) is 7.58. The van der Waals surface area contributed by atoms with Crippen molar-refractivity contribution >= 4 is 11.6 Å². The van der Waals surface area contributed by atoms with Crippen molar-refractivity contribution in [2.75, 3.05) is 18.1 Å². The van der Waals surface area contributed by atoms with Crippen LogP contribution in [0.2, 0.25) is 0 Å². The number of rotatable bonds is 5. The fourth-order valence-corrected chi connectivity index (χ4v) is 3.93. The molecule has 0 saturated carbocycles. The number of carbonyl (C=O) groups excluding carboxylic acids is 1. The van der Waals surface area contributed by atoms with Crippen LogP contribution in [-0.2, 0) is 16.0 Å². The van der Waals surface area contributed by atoms with Crippen molar-refractivity contribution in [3.63, 3.8) is 0 Å². The number of ether oxygens (including phenoxy) is 1. The number of hydrogen-bond donors (Lipinski definition) is 0. The largest absolute Gasteiger partial charge is 0.378 e. The van der Waals surface area contributed by atoms with Crippen molar-refractivity contribution in [2.24, 2.45) is 5.92 Å². The minimum Gasteiger partial charge on any atom is -0.378 e. The molecular formula is C20H25N3O3. The number of carbonyl (C=O) groups is 1. The van der Waals surface area contributed by atoms with Crippen LogP contribution in [0.25, 0.3) is 0 Å². The molecule has 3 heterocycles. The van der Waals surface area contributed by atoms with E-state index in [1.165, 1.54) is 0 Å². The molecule has 0 bridgehead atoms. The van der Waals surface area contributed by atoms with Gasteiger partial charge in [-0.25, -0.2) is 0 Å². The van der Waals surface area contributed by atoms with Gasteiger partial charge in [0.1, 0.15) is 0 Å². The number of nitrogens with zero attached hydrogens (tertiary/aromatic N) is 3. The van der Waals surface area contributed by atoms with Crippen LogP contribution in [0, 0.1) is 5.92 Å². The number of hydrogen-bond acceptors (Lipinski definition) is 5. The zero-order valence-electron chi connectivity index (χ0n) is 15.1. The first-order chi connectivity index (χ1) is 12.7. The molecule has 26 heavy (non-hydrogen) atoms. The molecule has 138 valence electrons. The first-order valence-corrected chi connectivity index (χ1v) is 9.52.